The highest BCUT2D eigenvalue weighted by atomic mass is 35.5. The standard InChI is InChI=1S/C16H18ClNO/c1-10-7-14(8-11(2)16(10)17)19-9-13-5-4-6-15(18)12(13)3/h4-8H,9,18H2,1-3H3. The predicted molar refractivity (Wildman–Crippen MR) is 80.8 cm³/mol. The first-order valence-electron chi connectivity index (χ1n) is 6.22. The quantitative estimate of drug-likeness (QED) is 0.841. The average molecular weight is 276 g/mol. The van der Waals surface area contributed by atoms with Crippen molar-refractivity contribution in [2.45, 2.75) is 27.4 Å². The van der Waals surface area contributed by atoms with Crippen LogP contribution in [0.5, 0.6) is 5.75 Å². The van der Waals surface area contributed by atoms with Crippen molar-refractivity contribution in [2.75, 3.05) is 5.73 Å². The maximum absolute atomic E-state index is 6.14. The summed E-state index contributed by atoms with van der Waals surface area (Å²) in [5, 5.41) is 0.799. The van der Waals surface area contributed by atoms with Gasteiger partial charge in [0.1, 0.15) is 12.4 Å². The zero-order valence-corrected chi connectivity index (χ0v) is 12.2. The van der Waals surface area contributed by atoms with Crippen LogP contribution in [0.15, 0.2) is 30.3 Å². The van der Waals surface area contributed by atoms with E-state index in [0.29, 0.717) is 6.61 Å². The third-order valence-electron chi connectivity index (χ3n) is 3.29. The number of ether oxygens (including phenoxy) is 1. The minimum absolute atomic E-state index is 0.511. The molecule has 0 bridgehead atoms. The van der Waals surface area contributed by atoms with E-state index in [1.165, 1.54) is 0 Å². The molecule has 0 spiro atoms. The summed E-state index contributed by atoms with van der Waals surface area (Å²) in [5.74, 6) is 0.834. The minimum atomic E-state index is 0.511. The second kappa shape index (κ2) is 5.54. The third kappa shape index (κ3) is 3.02. The Kier molecular flexibility index (Phi) is 4.01. The lowest BCUT2D eigenvalue weighted by molar-refractivity contribution is 0.305. The molecule has 2 aromatic rings. The first-order chi connectivity index (χ1) is 8.99. The fraction of sp³-hybridized carbons (Fsp3) is 0.250. The molecule has 0 aliphatic heterocycles. The molecule has 0 fully saturated rings. The minimum Gasteiger partial charge on any atom is -0.489 e. The second-order valence-corrected chi connectivity index (χ2v) is 5.17. The topological polar surface area (TPSA) is 35.2 Å². The summed E-state index contributed by atoms with van der Waals surface area (Å²) in [7, 11) is 0. The Hall–Kier alpha value is -1.67. The lowest BCUT2D eigenvalue weighted by atomic mass is 10.1. The van der Waals surface area contributed by atoms with E-state index in [1.54, 1.807) is 0 Å². The summed E-state index contributed by atoms with van der Waals surface area (Å²) < 4.78 is 5.83. The van der Waals surface area contributed by atoms with E-state index in [0.717, 1.165) is 38.7 Å². The second-order valence-electron chi connectivity index (χ2n) is 4.79. The fourth-order valence-electron chi connectivity index (χ4n) is 2.01. The van der Waals surface area contributed by atoms with Crippen LogP contribution in [0, 0.1) is 20.8 Å². The van der Waals surface area contributed by atoms with Gasteiger partial charge >= 0.3 is 0 Å². The van der Waals surface area contributed by atoms with E-state index >= 15 is 0 Å². The molecule has 0 saturated heterocycles. The normalized spacial score (nSPS) is 10.5. The maximum atomic E-state index is 6.14. The third-order valence-corrected chi connectivity index (χ3v) is 3.89. The lowest BCUT2D eigenvalue weighted by Gasteiger charge is -2.12. The predicted octanol–water partition coefficient (Wildman–Crippen LogP) is 4.43. The number of hydrogen-bond acceptors (Lipinski definition) is 2. The van der Waals surface area contributed by atoms with Crippen molar-refractivity contribution in [2.24, 2.45) is 0 Å². The van der Waals surface area contributed by atoms with Crippen LogP contribution in [-0.4, -0.2) is 0 Å². The first kappa shape index (κ1) is 13.8. The van der Waals surface area contributed by atoms with E-state index in [2.05, 4.69) is 0 Å². The molecule has 2 nitrogen and oxygen atoms in total. The molecule has 19 heavy (non-hydrogen) atoms. The van der Waals surface area contributed by atoms with Gasteiger partial charge in [-0.1, -0.05) is 23.7 Å². The number of anilines is 1. The van der Waals surface area contributed by atoms with Gasteiger partial charge in [-0.2, -0.15) is 0 Å². The number of rotatable bonds is 3. The van der Waals surface area contributed by atoms with E-state index < -0.39 is 0 Å². The van der Waals surface area contributed by atoms with Crippen molar-refractivity contribution in [3.8, 4) is 5.75 Å². The van der Waals surface area contributed by atoms with Gasteiger partial charge in [-0.15, -0.1) is 0 Å². The number of benzene rings is 2. The van der Waals surface area contributed by atoms with Crippen LogP contribution < -0.4 is 10.5 Å². The van der Waals surface area contributed by atoms with Crippen molar-refractivity contribution >= 4 is 17.3 Å². The summed E-state index contributed by atoms with van der Waals surface area (Å²) >= 11 is 6.14. The highest BCUT2D eigenvalue weighted by molar-refractivity contribution is 6.32. The number of nitrogens with two attached hydrogens (primary N) is 1. The van der Waals surface area contributed by atoms with Crippen LogP contribution in [0.2, 0.25) is 5.02 Å². The van der Waals surface area contributed by atoms with Gasteiger partial charge in [0.25, 0.3) is 0 Å². The molecule has 0 radical (unpaired) electrons. The molecule has 2 N–H and O–H groups in total. The van der Waals surface area contributed by atoms with Gasteiger partial charge in [0, 0.05) is 10.7 Å². The van der Waals surface area contributed by atoms with Gasteiger partial charge in [-0.25, -0.2) is 0 Å². The molecule has 0 heterocycles. The van der Waals surface area contributed by atoms with E-state index in [-0.39, 0.29) is 0 Å². The average Bonchev–Trinajstić information content (AvgIpc) is 2.37. The maximum Gasteiger partial charge on any atom is 0.120 e. The number of hydrogen-bond donors (Lipinski definition) is 1. The fourth-order valence-corrected chi connectivity index (χ4v) is 2.12. The molecule has 0 aliphatic rings. The van der Waals surface area contributed by atoms with Crippen molar-refractivity contribution in [3.63, 3.8) is 0 Å². The Balaban J connectivity index is 2.17. The van der Waals surface area contributed by atoms with Gasteiger partial charge in [-0.05, 0) is 61.2 Å². The highest BCUT2D eigenvalue weighted by Gasteiger charge is 2.05. The summed E-state index contributed by atoms with van der Waals surface area (Å²) in [6, 6.07) is 9.78. The molecule has 0 amide bonds. The van der Waals surface area contributed by atoms with Gasteiger partial charge in [0.2, 0.25) is 0 Å². The van der Waals surface area contributed by atoms with Crippen molar-refractivity contribution in [1.29, 1.82) is 0 Å². The molecular formula is C16H18ClNO. The van der Waals surface area contributed by atoms with E-state index in [1.807, 2.05) is 51.1 Å². The number of halogens is 1. The summed E-state index contributed by atoms with van der Waals surface area (Å²) in [4.78, 5) is 0. The zero-order valence-electron chi connectivity index (χ0n) is 11.5. The summed E-state index contributed by atoms with van der Waals surface area (Å²) in [5.41, 5.74) is 10.9. The van der Waals surface area contributed by atoms with E-state index in [9.17, 15) is 0 Å². The van der Waals surface area contributed by atoms with Crippen LogP contribution in [0.25, 0.3) is 0 Å². The highest BCUT2D eigenvalue weighted by Crippen LogP contribution is 2.27. The zero-order chi connectivity index (χ0) is 14.0. The Bertz CT molecular complexity index is 585. The molecule has 100 valence electrons. The summed E-state index contributed by atoms with van der Waals surface area (Å²) in [6.07, 6.45) is 0. The lowest BCUT2D eigenvalue weighted by Crippen LogP contribution is -2.01. The molecule has 0 atom stereocenters. The molecule has 2 aromatic carbocycles. The molecule has 2 rings (SSSR count). The molecule has 0 aliphatic carbocycles. The monoisotopic (exact) mass is 275 g/mol. The molecule has 0 unspecified atom stereocenters. The van der Waals surface area contributed by atoms with Crippen LogP contribution >= 0.6 is 11.6 Å². The molecule has 0 aromatic heterocycles. The SMILES string of the molecule is Cc1cc(OCc2cccc(N)c2C)cc(C)c1Cl. The Labute approximate surface area is 119 Å². The van der Waals surface area contributed by atoms with Gasteiger partial charge in [-0.3, -0.25) is 0 Å². The number of nitrogen functional groups attached to an aromatic ring is 1. The van der Waals surface area contributed by atoms with Crippen LogP contribution in [0.4, 0.5) is 5.69 Å². The van der Waals surface area contributed by atoms with Crippen molar-refractivity contribution < 1.29 is 4.74 Å². The van der Waals surface area contributed by atoms with Crippen molar-refractivity contribution in [3.05, 3.63) is 57.6 Å². The van der Waals surface area contributed by atoms with Gasteiger partial charge in [0.05, 0.1) is 0 Å². The van der Waals surface area contributed by atoms with Gasteiger partial charge < -0.3 is 10.5 Å². The van der Waals surface area contributed by atoms with Crippen LogP contribution in [-0.2, 0) is 6.61 Å². The number of aryl methyl sites for hydroxylation is 2. The Morgan fingerprint density at radius 3 is 2.37 bits per heavy atom. The molecule has 3 heteroatoms. The first-order valence-corrected chi connectivity index (χ1v) is 6.60. The molecular weight excluding hydrogens is 258 g/mol. The smallest absolute Gasteiger partial charge is 0.120 e. The van der Waals surface area contributed by atoms with Crippen LogP contribution in [0.3, 0.4) is 0 Å². The van der Waals surface area contributed by atoms with Crippen LogP contribution in [0.1, 0.15) is 22.3 Å². The van der Waals surface area contributed by atoms with Crippen molar-refractivity contribution in [1.82, 2.24) is 0 Å². The Morgan fingerprint density at radius 1 is 1.11 bits per heavy atom. The largest absolute Gasteiger partial charge is 0.489 e. The molecule has 0 saturated carbocycles. The van der Waals surface area contributed by atoms with Gasteiger partial charge in [0.15, 0.2) is 0 Å². The van der Waals surface area contributed by atoms with E-state index in [4.69, 9.17) is 22.1 Å². The summed E-state index contributed by atoms with van der Waals surface area (Å²) in [6.45, 7) is 6.48. The Morgan fingerprint density at radius 2 is 1.74 bits per heavy atom.